The number of ether oxygens (including phenoxy) is 2. The Bertz CT molecular complexity index is 639. The van der Waals surface area contributed by atoms with Gasteiger partial charge in [-0.2, -0.15) is 5.26 Å². The molecular formula is C16H19N3O2. The van der Waals surface area contributed by atoms with Gasteiger partial charge in [-0.1, -0.05) is 6.92 Å². The van der Waals surface area contributed by atoms with Crippen molar-refractivity contribution in [3.05, 3.63) is 41.7 Å². The smallest absolute Gasteiger partial charge is 0.122 e. The number of nitrogens with zero attached hydrogens (tertiary/aromatic N) is 2. The van der Waals surface area contributed by atoms with Crippen LogP contribution < -0.4 is 15.2 Å². The molecule has 0 aliphatic heterocycles. The highest BCUT2D eigenvalue weighted by Crippen LogP contribution is 2.20. The first-order chi connectivity index (χ1) is 10.2. The highest BCUT2D eigenvalue weighted by Gasteiger charge is 2.11. The standard InChI is InChI=1S/C16H19N3O2/c1-3-16-15(18)10-12(11-17)19(16)8-9-21-14-6-4-13(20-2)5-7-14/h4-7,10H,3,8-9,18H2,1-2H3. The number of aromatic nitrogens is 1. The predicted octanol–water partition coefficient (Wildman–Crippen LogP) is 2.59. The molecule has 2 N–H and O–H groups in total. The monoisotopic (exact) mass is 285 g/mol. The Kier molecular flexibility index (Phi) is 4.72. The first-order valence-electron chi connectivity index (χ1n) is 6.84. The molecular weight excluding hydrogens is 266 g/mol. The van der Waals surface area contributed by atoms with Crippen LogP contribution in [0.5, 0.6) is 11.5 Å². The fourth-order valence-corrected chi connectivity index (χ4v) is 2.28. The number of hydrogen-bond donors (Lipinski definition) is 1. The van der Waals surface area contributed by atoms with Crippen molar-refractivity contribution < 1.29 is 9.47 Å². The topological polar surface area (TPSA) is 73.2 Å². The van der Waals surface area contributed by atoms with Gasteiger partial charge in [0.05, 0.1) is 19.3 Å². The van der Waals surface area contributed by atoms with Crippen molar-refractivity contribution >= 4 is 5.69 Å². The second kappa shape index (κ2) is 6.71. The van der Waals surface area contributed by atoms with Crippen molar-refractivity contribution in [3.8, 4) is 17.6 Å². The minimum absolute atomic E-state index is 0.474. The Morgan fingerprint density at radius 2 is 1.90 bits per heavy atom. The zero-order chi connectivity index (χ0) is 15.2. The maximum Gasteiger partial charge on any atom is 0.122 e. The molecule has 0 fully saturated rings. The van der Waals surface area contributed by atoms with E-state index in [1.165, 1.54) is 0 Å². The fraction of sp³-hybridized carbons (Fsp3) is 0.312. The third kappa shape index (κ3) is 3.29. The van der Waals surface area contributed by atoms with Gasteiger partial charge >= 0.3 is 0 Å². The van der Waals surface area contributed by atoms with E-state index in [4.69, 9.17) is 20.5 Å². The van der Waals surface area contributed by atoms with E-state index in [9.17, 15) is 0 Å². The van der Waals surface area contributed by atoms with Crippen molar-refractivity contribution in [1.29, 1.82) is 5.26 Å². The molecule has 21 heavy (non-hydrogen) atoms. The Morgan fingerprint density at radius 1 is 1.24 bits per heavy atom. The molecule has 5 heteroatoms. The number of benzene rings is 1. The molecule has 0 atom stereocenters. The molecule has 0 radical (unpaired) electrons. The third-order valence-electron chi connectivity index (χ3n) is 3.33. The summed E-state index contributed by atoms with van der Waals surface area (Å²) in [5.74, 6) is 1.56. The number of anilines is 1. The molecule has 0 spiro atoms. The summed E-state index contributed by atoms with van der Waals surface area (Å²) in [5, 5.41) is 9.14. The molecule has 0 amide bonds. The van der Waals surface area contributed by atoms with Gasteiger partial charge < -0.3 is 19.8 Å². The number of nitrogens with two attached hydrogens (primary N) is 1. The molecule has 2 aromatic rings. The van der Waals surface area contributed by atoms with Gasteiger partial charge in [-0.3, -0.25) is 0 Å². The SMILES string of the molecule is CCc1c(N)cc(C#N)n1CCOc1ccc(OC)cc1. The van der Waals surface area contributed by atoms with Crippen LogP contribution in [-0.2, 0) is 13.0 Å². The molecule has 0 aliphatic carbocycles. The van der Waals surface area contributed by atoms with Crippen LogP contribution in [0.4, 0.5) is 5.69 Å². The summed E-state index contributed by atoms with van der Waals surface area (Å²) in [4.78, 5) is 0. The second-order valence-electron chi connectivity index (χ2n) is 4.57. The lowest BCUT2D eigenvalue weighted by Crippen LogP contribution is -2.12. The maximum atomic E-state index is 9.14. The third-order valence-corrected chi connectivity index (χ3v) is 3.33. The number of nitrogen functional groups attached to an aromatic ring is 1. The summed E-state index contributed by atoms with van der Waals surface area (Å²) in [5.41, 5.74) is 8.13. The Labute approximate surface area is 124 Å². The predicted molar refractivity (Wildman–Crippen MR) is 81.4 cm³/mol. The Balaban J connectivity index is 2.01. The van der Waals surface area contributed by atoms with Crippen LogP contribution in [0.1, 0.15) is 18.3 Å². The zero-order valence-electron chi connectivity index (χ0n) is 12.3. The van der Waals surface area contributed by atoms with Gasteiger partial charge in [-0.05, 0) is 36.8 Å². The van der Waals surface area contributed by atoms with Crippen LogP contribution in [0.25, 0.3) is 0 Å². The fourth-order valence-electron chi connectivity index (χ4n) is 2.28. The molecule has 0 saturated heterocycles. The average Bonchev–Trinajstić information content (AvgIpc) is 2.83. The summed E-state index contributed by atoms with van der Waals surface area (Å²) in [6, 6.07) is 11.3. The molecule has 0 aliphatic rings. The summed E-state index contributed by atoms with van der Waals surface area (Å²) >= 11 is 0. The van der Waals surface area contributed by atoms with E-state index in [0.717, 1.165) is 23.6 Å². The number of hydrogen-bond acceptors (Lipinski definition) is 4. The lowest BCUT2D eigenvalue weighted by molar-refractivity contribution is 0.296. The number of methoxy groups -OCH3 is 1. The minimum Gasteiger partial charge on any atom is -0.497 e. The molecule has 110 valence electrons. The van der Waals surface area contributed by atoms with E-state index >= 15 is 0 Å². The van der Waals surface area contributed by atoms with E-state index in [2.05, 4.69) is 6.07 Å². The molecule has 0 unspecified atom stereocenters. The molecule has 0 bridgehead atoms. The second-order valence-corrected chi connectivity index (χ2v) is 4.57. The van der Waals surface area contributed by atoms with Gasteiger partial charge in [0.25, 0.3) is 0 Å². The lowest BCUT2D eigenvalue weighted by Gasteiger charge is -2.11. The first-order valence-corrected chi connectivity index (χ1v) is 6.84. The Hall–Kier alpha value is -2.61. The highest BCUT2D eigenvalue weighted by molar-refractivity contribution is 5.50. The zero-order valence-corrected chi connectivity index (χ0v) is 12.3. The Morgan fingerprint density at radius 3 is 2.48 bits per heavy atom. The van der Waals surface area contributed by atoms with E-state index in [1.54, 1.807) is 13.2 Å². The van der Waals surface area contributed by atoms with Gasteiger partial charge in [0.1, 0.15) is 29.9 Å². The lowest BCUT2D eigenvalue weighted by atomic mass is 10.3. The van der Waals surface area contributed by atoms with Crippen molar-refractivity contribution in [2.24, 2.45) is 0 Å². The van der Waals surface area contributed by atoms with Crippen LogP contribution in [0.2, 0.25) is 0 Å². The van der Waals surface area contributed by atoms with Crippen LogP contribution in [0.3, 0.4) is 0 Å². The summed E-state index contributed by atoms with van der Waals surface area (Å²) in [6.07, 6.45) is 0.788. The van der Waals surface area contributed by atoms with Crippen molar-refractivity contribution in [1.82, 2.24) is 4.57 Å². The highest BCUT2D eigenvalue weighted by atomic mass is 16.5. The molecule has 1 aromatic carbocycles. The van der Waals surface area contributed by atoms with Crippen LogP contribution >= 0.6 is 0 Å². The van der Waals surface area contributed by atoms with Gasteiger partial charge in [0.15, 0.2) is 0 Å². The van der Waals surface area contributed by atoms with Gasteiger partial charge in [-0.15, -0.1) is 0 Å². The van der Waals surface area contributed by atoms with Crippen molar-refractivity contribution in [2.45, 2.75) is 19.9 Å². The molecule has 2 rings (SSSR count). The van der Waals surface area contributed by atoms with Crippen LogP contribution in [0, 0.1) is 11.3 Å². The molecule has 5 nitrogen and oxygen atoms in total. The maximum absolute atomic E-state index is 9.14. The molecule has 1 heterocycles. The van der Waals surface area contributed by atoms with Gasteiger partial charge in [0, 0.05) is 5.69 Å². The quantitative estimate of drug-likeness (QED) is 0.885. The average molecular weight is 285 g/mol. The van der Waals surface area contributed by atoms with E-state index < -0.39 is 0 Å². The van der Waals surface area contributed by atoms with Gasteiger partial charge in [0.2, 0.25) is 0 Å². The number of nitriles is 1. The van der Waals surface area contributed by atoms with Crippen LogP contribution in [-0.4, -0.2) is 18.3 Å². The van der Waals surface area contributed by atoms with Crippen LogP contribution in [0.15, 0.2) is 30.3 Å². The molecule has 0 saturated carbocycles. The number of rotatable bonds is 6. The van der Waals surface area contributed by atoms with Crippen molar-refractivity contribution in [3.63, 3.8) is 0 Å². The minimum atomic E-state index is 0.474. The normalized spacial score (nSPS) is 10.1. The van der Waals surface area contributed by atoms with E-state index in [0.29, 0.717) is 24.5 Å². The summed E-state index contributed by atoms with van der Waals surface area (Å²) < 4.78 is 12.7. The largest absolute Gasteiger partial charge is 0.497 e. The first kappa shape index (κ1) is 14.8. The van der Waals surface area contributed by atoms with Crippen molar-refractivity contribution in [2.75, 3.05) is 19.5 Å². The summed E-state index contributed by atoms with van der Waals surface area (Å²) in [6.45, 7) is 3.09. The van der Waals surface area contributed by atoms with E-state index in [1.807, 2.05) is 35.8 Å². The summed E-state index contributed by atoms with van der Waals surface area (Å²) in [7, 11) is 1.63. The van der Waals surface area contributed by atoms with E-state index in [-0.39, 0.29) is 0 Å². The molecule has 1 aromatic heterocycles. The van der Waals surface area contributed by atoms with Gasteiger partial charge in [-0.25, -0.2) is 0 Å².